The highest BCUT2D eigenvalue weighted by molar-refractivity contribution is 8.04. The van der Waals surface area contributed by atoms with Crippen LogP contribution < -0.4 is 10.2 Å². The molecule has 0 aromatic heterocycles. The summed E-state index contributed by atoms with van der Waals surface area (Å²) in [7, 11) is 0. The first kappa shape index (κ1) is 22.6. The van der Waals surface area contributed by atoms with Crippen LogP contribution in [-0.2, 0) is 9.59 Å². The van der Waals surface area contributed by atoms with E-state index in [4.69, 9.17) is 0 Å². The number of benzene rings is 2. The van der Waals surface area contributed by atoms with E-state index in [-0.39, 0.29) is 18.4 Å². The molecule has 1 fully saturated rings. The molecule has 0 atom stereocenters. The number of nitrogens with one attached hydrogen (secondary N) is 1. The average Bonchev–Trinajstić information content (AvgIpc) is 3.07. The van der Waals surface area contributed by atoms with Crippen LogP contribution in [0.2, 0.25) is 0 Å². The van der Waals surface area contributed by atoms with Crippen LogP contribution in [0.3, 0.4) is 0 Å². The fourth-order valence-electron chi connectivity index (χ4n) is 4.15. The number of rotatable bonds is 6. The summed E-state index contributed by atoms with van der Waals surface area (Å²) in [5, 5.41) is 3.02. The number of hydrogen-bond acceptors (Lipinski definition) is 4. The molecule has 2 amide bonds. The lowest BCUT2D eigenvalue weighted by Gasteiger charge is -2.30. The minimum Gasteiger partial charge on any atom is -0.353 e. The standard InChI is InChI=1S/C26H31N3O2S/c1-20-10-12-21(13-11-20)18-24-26(31)29(22-8-4-5-9-23(22)32-24)19-25(30)27-14-17-28-15-6-2-3-7-16-28/h4-5,8-13,18H,2-3,6-7,14-17,19H2,1H3,(H,27,30)/b24-18+. The van der Waals surface area contributed by atoms with Crippen molar-refractivity contribution >= 4 is 35.3 Å². The molecule has 2 heterocycles. The molecule has 2 aliphatic rings. The number of amides is 2. The lowest BCUT2D eigenvalue weighted by Crippen LogP contribution is -2.44. The third-order valence-electron chi connectivity index (χ3n) is 5.96. The molecule has 0 radical (unpaired) electrons. The van der Waals surface area contributed by atoms with E-state index in [0.717, 1.165) is 35.8 Å². The smallest absolute Gasteiger partial charge is 0.265 e. The first-order valence-corrected chi connectivity index (χ1v) is 12.3. The number of para-hydroxylation sites is 1. The molecule has 0 saturated carbocycles. The summed E-state index contributed by atoms with van der Waals surface area (Å²) in [6.07, 6.45) is 6.99. The lowest BCUT2D eigenvalue weighted by molar-refractivity contribution is -0.122. The second-order valence-corrected chi connectivity index (χ2v) is 9.57. The Morgan fingerprint density at radius 2 is 1.75 bits per heavy atom. The molecule has 0 aliphatic carbocycles. The number of hydrogen-bond donors (Lipinski definition) is 1. The van der Waals surface area contributed by atoms with Crippen LogP contribution in [-0.4, -0.2) is 49.4 Å². The largest absolute Gasteiger partial charge is 0.353 e. The van der Waals surface area contributed by atoms with Gasteiger partial charge in [-0.25, -0.2) is 0 Å². The zero-order chi connectivity index (χ0) is 22.3. The lowest BCUT2D eigenvalue weighted by atomic mass is 10.1. The van der Waals surface area contributed by atoms with Gasteiger partial charge >= 0.3 is 0 Å². The Balaban J connectivity index is 1.43. The van der Waals surface area contributed by atoms with Crippen LogP contribution in [0.5, 0.6) is 0 Å². The zero-order valence-electron chi connectivity index (χ0n) is 18.7. The Morgan fingerprint density at radius 3 is 2.50 bits per heavy atom. The van der Waals surface area contributed by atoms with Crippen molar-refractivity contribution in [1.29, 1.82) is 0 Å². The molecule has 2 aliphatic heterocycles. The van der Waals surface area contributed by atoms with Gasteiger partial charge in [-0.1, -0.05) is 66.6 Å². The van der Waals surface area contributed by atoms with Gasteiger partial charge in [-0.15, -0.1) is 0 Å². The van der Waals surface area contributed by atoms with Crippen molar-refractivity contribution in [2.24, 2.45) is 0 Å². The normalized spacial score (nSPS) is 18.3. The maximum Gasteiger partial charge on any atom is 0.265 e. The van der Waals surface area contributed by atoms with Gasteiger partial charge in [0.25, 0.3) is 5.91 Å². The number of thioether (sulfide) groups is 1. The predicted molar refractivity (Wildman–Crippen MR) is 132 cm³/mol. The van der Waals surface area contributed by atoms with Gasteiger partial charge in [-0.3, -0.25) is 14.5 Å². The van der Waals surface area contributed by atoms with Crippen LogP contribution in [0.15, 0.2) is 58.3 Å². The van der Waals surface area contributed by atoms with Crippen LogP contribution >= 0.6 is 11.8 Å². The monoisotopic (exact) mass is 449 g/mol. The van der Waals surface area contributed by atoms with Crippen molar-refractivity contribution in [3.63, 3.8) is 0 Å². The third-order valence-corrected chi connectivity index (χ3v) is 7.04. The van der Waals surface area contributed by atoms with Crippen molar-refractivity contribution in [2.75, 3.05) is 37.6 Å². The van der Waals surface area contributed by atoms with Gasteiger partial charge in [0.2, 0.25) is 5.91 Å². The van der Waals surface area contributed by atoms with Crippen molar-refractivity contribution in [2.45, 2.75) is 37.5 Å². The number of fused-ring (bicyclic) bond motifs is 1. The topological polar surface area (TPSA) is 52.7 Å². The Labute approximate surface area is 194 Å². The highest BCUT2D eigenvalue weighted by atomic mass is 32.2. The van der Waals surface area contributed by atoms with Crippen LogP contribution in [0.1, 0.15) is 36.8 Å². The van der Waals surface area contributed by atoms with Crippen molar-refractivity contribution in [1.82, 2.24) is 10.2 Å². The molecule has 5 nitrogen and oxygen atoms in total. The maximum absolute atomic E-state index is 13.3. The van der Waals surface area contributed by atoms with Crippen LogP contribution in [0.4, 0.5) is 5.69 Å². The number of aryl methyl sites for hydroxylation is 1. The van der Waals surface area contributed by atoms with Gasteiger partial charge in [0, 0.05) is 18.0 Å². The summed E-state index contributed by atoms with van der Waals surface area (Å²) in [6, 6.07) is 15.9. The van der Waals surface area contributed by atoms with E-state index in [9.17, 15) is 9.59 Å². The molecule has 2 aromatic carbocycles. The van der Waals surface area contributed by atoms with Crippen molar-refractivity contribution in [3.8, 4) is 0 Å². The molecule has 32 heavy (non-hydrogen) atoms. The summed E-state index contributed by atoms with van der Waals surface area (Å²) in [4.78, 5) is 31.7. The van der Waals surface area contributed by atoms with E-state index in [1.165, 1.54) is 43.0 Å². The molecule has 168 valence electrons. The SMILES string of the molecule is Cc1ccc(/C=C2/Sc3ccccc3N(CC(=O)NCCN3CCCCCC3)C2=O)cc1. The number of carbonyl (C=O) groups is 2. The van der Waals surface area contributed by atoms with E-state index in [1.54, 1.807) is 4.90 Å². The molecule has 2 aromatic rings. The first-order valence-electron chi connectivity index (χ1n) is 11.5. The predicted octanol–water partition coefficient (Wildman–Crippen LogP) is 4.47. The summed E-state index contributed by atoms with van der Waals surface area (Å²) in [5.41, 5.74) is 2.96. The van der Waals surface area contributed by atoms with E-state index < -0.39 is 0 Å². The second-order valence-electron chi connectivity index (χ2n) is 8.49. The van der Waals surface area contributed by atoms with E-state index in [1.807, 2.05) is 61.5 Å². The van der Waals surface area contributed by atoms with Gasteiger partial charge in [0.15, 0.2) is 0 Å². The minimum atomic E-state index is -0.128. The Bertz CT molecular complexity index is 979. The van der Waals surface area contributed by atoms with Crippen molar-refractivity contribution < 1.29 is 9.59 Å². The highest BCUT2D eigenvalue weighted by Crippen LogP contribution is 2.41. The van der Waals surface area contributed by atoms with E-state index in [0.29, 0.717) is 11.4 Å². The third kappa shape index (κ3) is 5.81. The van der Waals surface area contributed by atoms with Crippen molar-refractivity contribution in [3.05, 3.63) is 64.6 Å². The quantitative estimate of drug-likeness (QED) is 0.662. The van der Waals surface area contributed by atoms with Gasteiger partial charge in [-0.2, -0.15) is 0 Å². The second kappa shape index (κ2) is 10.8. The fourth-order valence-corrected chi connectivity index (χ4v) is 5.20. The van der Waals surface area contributed by atoms with E-state index >= 15 is 0 Å². The zero-order valence-corrected chi connectivity index (χ0v) is 19.5. The van der Waals surface area contributed by atoms with Crippen LogP contribution in [0, 0.1) is 6.92 Å². The highest BCUT2D eigenvalue weighted by Gasteiger charge is 2.30. The summed E-state index contributed by atoms with van der Waals surface area (Å²) in [6.45, 7) is 5.77. The average molecular weight is 450 g/mol. The molecule has 0 spiro atoms. The summed E-state index contributed by atoms with van der Waals surface area (Å²) >= 11 is 1.47. The summed E-state index contributed by atoms with van der Waals surface area (Å²) in [5.74, 6) is -0.249. The van der Waals surface area contributed by atoms with Gasteiger partial charge in [0.1, 0.15) is 6.54 Å². The Kier molecular flexibility index (Phi) is 7.66. The molecule has 6 heteroatoms. The van der Waals surface area contributed by atoms with E-state index in [2.05, 4.69) is 10.2 Å². The summed E-state index contributed by atoms with van der Waals surface area (Å²) < 4.78 is 0. The Morgan fingerprint density at radius 1 is 1.03 bits per heavy atom. The number of likely N-dealkylation sites (tertiary alicyclic amines) is 1. The molecule has 1 N–H and O–H groups in total. The number of carbonyl (C=O) groups excluding carboxylic acids is 2. The van der Waals surface area contributed by atoms with Crippen LogP contribution in [0.25, 0.3) is 6.08 Å². The molecule has 0 bridgehead atoms. The minimum absolute atomic E-state index is 0.0294. The molecular weight excluding hydrogens is 418 g/mol. The Hall–Kier alpha value is -2.57. The molecule has 0 unspecified atom stereocenters. The van der Waals surface area contributed by atoms with Gasteiger partial charge < -0.3 is 10.2 Å². The van der Waals surface area contributed by atoms with Gasteiger partial charge in [-0.05, 0) is 56.6 Å². The molecular formula is C26H31N3O2S. The first-order chi connectivity index (χ1) is 15.6. The maximum atomic E-state index is 13.3. The fraction of sp³-hybridized carbons (Fsp3) is 0.385. The molecule has 1 saturated heterocycles. The number of nitrogens with zero attached hydrogens (tertiary/aromatic N) is 2. The number of anilines is 1. The van der Waals surface area contributed by atoms with Gasteiger partial charge in [0.05, 0.1) is 10.6 Å². The molecule has 4 rings (SSSR count).